The number of hydrogen-bond acceptors (Lipinski definition) is 2. The largest absolute Gasteiger partial charge is 0.336 e. The minimum atomic E-state index is 0.243. The van der Waals surface area contributed by atoms with Crippen LogP contribution in [-0.2, 0) is 6.54 Å². The molecule has 2 unspecified atom stereocenters. The molecule has 2 atom stereocenters. The first kappa shape index (κ1) is 14.2. The standard InChI is InChI=1S/C14H27N3/c1-11(2)12(3)16-13(14(4,5)6)9-17-8-7-15-10-17/h7-8,10-13,16H,9H2,1-6H3. The molecule has 0 saturated carbocycles. The van der Waals surface area contributed by atoms with Gasteiger partial charge < -0.3 is 9.88 Å². The van der Waals surface area contributed by atoms with E-state index in [-0.39, 0.29) is 5.41 Å². The van der Waals surface area contributed by atoms with Crippen molar-refractivity contribution in [1.82, 2.24) is 14.9 Å². The van der Waals surface area contributed by atoms with E-state index in [1.54, 1.807) is 0 Å². The van der Waals surface area contributed by atoms with Crippen molar-refractivity contribution in [2.45, 2.75) is 60.2 Å². The fourth-order valence-electron chi connectivity index (χ4n) is 1.69. The van der Waals surface area contributed by atoms with Crippen molar-refractivity contribution in [3.63, 3.8) is 0 Å². The van der Waals surface area contributed by atoms with Crippen LogP contribution >= 0.6 is 0 Å². The summed E-state index contributed by atoms with van der Waals surface area (Å²) in [5, 5.41) is 3.75. The second kappa shape index (κ2) is 5.67. The Kier molecular flexibility index (Phi) is 4.75. The van der Waals surface area contributed by atoms with Crippen LogP contribution in [0, 0.1) is 11.3 Å². The Morgan fingerprint density at radius 3 is 2.29 bits per heavy atom. The predicted molar refractivity (Wildman–Crippen MR) is 72.9 cm³/mol. The van der Waals surface area contributed by atoms with Crippen molar-refractivity contribution in [1.29, 1.82) is 0 Å². The van der Waals surface area contributed by atoms with E-state index in [2.05, 4.69) is 56.4 Å². The molecule has 0 aliphatic rings. The van der Waals surface area contributed by atoms with Gasteiger partial charge in [-0.05, 0) is 18.3 Å². The highest BCUT2D eigenvalue weighted by atomic mass is 15.1. The predicted octanol–water partition coefficient (Wildman–Crippen LogP) is 2.93. The molecule has 17 heavy (non-hydrogen) atoms. The van der Waals surface area contributed by atoms with Gasteiger partial charge in [0.25, 0.3) is 0 Å². The minimum Gasteiger partial charge on any atom is -0.336 e. The molecule has 98 valence electrons. The molecule has 0 bridgehead atoms. The zero-order valence-corrected chi connectivity index (χ0v) is 12.1. The lowest BCUT2D eigenvalue weighted by molar-refractivity contribution is 0.210. The Bertz CT molecular complexity index is 309. The quantitative estimate of drug-likeness (QED) is 0.853. The molecule has 1 rings (SSSR count). The summed E-state index contributed by atoms with van der Waals surface area (Å²) in [6.45, 7) is 14.6. The van der Waals surface area contributed by atoms with Crippen molar-refractivity contribution in [2.75, 3.05) is 0 Å². The molecule has 0 fully saturated rings. The van der Waals surface area contributed by atoms with Crippen LogP contribution in [0.3, 0.4) is 0 Å². The molecular formula is C14H27N3. The first-order chi connectivity index (χ1) is 7.80. The van der Waals surface area contributed by atoms with Crippen molar-refractivity contribution < 1.29 is 0 Å². The summed E-state index contributed by atoms with van der Waals surface area (Å²) < 4.78 is 2.15. The third-order valence-corrected chi connectivity index (χ3v) is 3.46. The lowest BCUT2D eigenvalue weighted by atomic mass is 9.85. The van der Waals surface area contributed by atoms with E-state index in [4.69, 9.17) is 0 Å². The summed E-state index contributed by atoms with van der Waals surface area (Å²) in [5.74, 6) is 0.655. The number of imidazole rings is 1. The summed E-state index contributed by atoms with van der Waals surface area (Å²) >= 11 is 0. The van der Waals surface area contributed by atoms with E-state index in [1.807, 2.05) is 18.7 Å². The first-order valence-corrected chi connectivity index (χ1v) is 6.52. The van der Waals surface area contributed by atoms with Crippen LogP contribution in [0.25, 0.3) is 0 Å². The Morgan fingerprint density at radius 2 is 1.88 bits per heavy atom. The van der Waals surface area contributed by atoms with Gasteiger partial charge in [0.15, 0.2) is 0 Å². The minimum absolute atomic E-state index is 0.243. The molecule has 0 aromatic carbocycles. The monoisotopic (exact) mass is 237 g/mol. The van der Waals surface area contributed by atoms with E-state index in [0.29, 0.717) is 18.0 Å². The highest BCUT2D eigenvalue weighted by Gasteiger charge is 2.26. The van der Waals surface area contributed by atoms with Gasteiger partial charge in [-0.3, -0.25) is 0 Å². The maximum absolute atomic E-state index is 4.11. The molecule has 3 heteroatoms. The highest BCUT2D eigenvalue weighted by molar-refractivity contribution is 4.86. The van der Waals surface area contributed by atoms with Crippen LogP contribution in [0.5, 0.6) is 0 Å². The van der Waals surface area contributed by atoms with Crippen molar-refractivity contribution in [3.05, 3.63) is 18.7 Å². The first-order valence-electron chi connectivity index (χ1n) is 6.52. The van der Waals surface area contributed by atoms with Crippen molar-refractivity contribution >= 4 is 0 Å². The van der Waals surface area contributed by atoms with E-state index in [1.165, 1.54) is 0 Å². The lowest BCUT2D eigenvalue weighted by Gasteiger charge is -2.35. The second-order valence-electron chi connectivity index (χ2n) is 6.38. The van der Waals surface area contributed by atoms with Crippen LogP contribution in [0.15, 0.2) is 18.7 Å². The number of aromatic nitrogens is 2. The van der Waals surface area contributed by atoms with Gasteiger partial charge in [-0.1, -0.05) is 34.6 Å². The molecule has 0 radical (unpaired) electrons. The topological polar surface area (TPSA) is 29.9 Å². The lowest BCUT2D eigenvalue weighted by Crippen LogP contribution is -2.48. The second-order valence-corrected chi connectivity index (χ2v) is 6.38. The Balaban J connectivity index is 2.68. The van der Waals surface area contributed by atoms with Crippen LogP contribution < -0.4 is 5.32 Å². The van der Waals surface area contributed by atoms with Gasteiger partial charge in [0, 0.05) is 31.0 Å². The fourth-order valence-corrected chi connectivity index (χ4v) is 1.69. The number of rotatable bonds is 5. The summed E-state index contributed by atoms with van der Waals surface area (Å²) in [4.78, 5) is 4.11. The molecule has 0 aliphatic heterocycles. The molecule has 0 saturated heterocycles. The Labute approximate surface area is 106 Å². The summed E-state index contributed by atoms with van der Waals surface area (Å²) in [6, 6.07) is 0.983. The molecule has 1 N–H and O–H groups in total. The van der Waals surface area contributed by atoms with Gasteiger partial charge in [0.2, 0.25) is 0 Å². The van der Waals surface area contributed by atoms with Gasteiger partial charge in [0.1, 0.15) is 0 Å². The van der Waals surface area contributed by atoms with Gasteiger partial charge in [0.05, 0.1) is 6.33 Å². The van der Waals surface area contributed by atoms with Crippen molar-refractivity contribution in [2.24, 2.45) is 11.3 Å². The molecule has 0 amide bonds. The van der Waals surface area contributed by atoms with Gasteiger partial charge in [-0.25, -0.2) is 4.98 Å². The molecule has 3 nitrogen and oxygen atoms in total. The highest BCUT2D eigenvalue weighted by Crippen LogP contribution is 2.22. The molecule has 1 heterocycles. The summed E-state index contributed by atoms with van der Waals surface area (Å²) in [7, 11) is 0. The third-order valence-electron chi connectivity index (χ3n) is 3.46. The van der Waals surface area contributed by atoms with E-state index in [9.17, 15) is 0 Å². The summed E-state index contributed by atoms with van der Waals surface area (Å²) in [6.07, 6.45) is 5.76. The van der Waals surface area contributed by atoms with Crippen molar-refractivity contribution in [3.8, 4) is 0 Å². The maximum atomic E-state index is 4.11. The molecule has 1 aromatic rings. The van der Waals surface area contributed by atoms with E-state index < -0.39 is 0 Å². The van der Waals surface area contributed by atoms with E-state index >= 15 is 0 Å². The number of hydrogen-bond donors (Lipinski definition) is 1. The number of nitrogens with zero attached hydrogens (tertiary/aromatic N) is 2. The molecule has 0 spiro atoms. The van der Waals surface area contributed by atoms with Crippen LogP contribution in [0.2, 0.25) is 0 Å². The van der Waals surface area contributed by atoms with Crippen LogP contribution in [-0.4, -0.2) is 21.6 Å². The smallest absolute Gasteiger partial charge is 0.0946 e. The molecule has 0 aliphatic carbocycles. The van der Waals surface area contributed by atoms with Crippen LogP contribution in [0.1, 0.15) is 41.5 Å². The zero-order chi connectivity index (χ0) is 13.1. The SMILES string of the molecule is CC(C)C(C)NC(Cn1ccnc1)C(C)(C)C. The third kappa shape index (κ3) is 4.50. The zero-order valence-electron chi connectivity index (χ0n) is 12.1. The van der Waals surface area contributed by atoms with Gasteiger partial charge in [-0.2, -0.15) is 0 Å². The normalized spacial score (nSPS) is 16.2. The van der Waals surface area contributed by atoms with Crippen LogP contribution in [0.4, 0.5) is 0 Å². The molecular weight excluding hydrogens is 210 g/mol. The Hall–Kier alpha value is -0.830. The average Bonchev–Trinajstić information content (AvgIpc) is 2.67. The van der Waals surface area contributed by atoms with Gasteiger partial charge >= 0.3 is 0 Å². The fraction of sp³-hybridized carbons (Fsp3) is 0.786. The maximum Gasteiger partial charge on any atom is 0.0946 e. The van der Waals surface area contributed by atoms with Gasteiger partial charge in [-0.15, -0.1) is 0 Å². The molecule has 1 aromatic heterocycles. The van der Waals surface area contributed by atoms with E-state index in [0.717, 1.165) is 6.54 Å². The average molecular weight is 237 g/mol. The Morgan fingerprint density at radius 1 is 1.24 bits per heavy atom. The number of nitrogens with one attached hydrogen (secondary N) is 1. The summed E-state index contributed by atoms with van der Waals surface area (Å²) in [5.41, 5.74) is 0.243.